The normalized spacial score (nSPS) is 19.3. The number of ketones is 1. The Morgan fingerprint density at radius 1 is 0.584 bits per heavy atom. The smallest absolute Gasteiger partial charge is 0.407 e. The molecule has 113 heavy (non-hydrogen) atoms. The van der Waals surface area contributed by atoms with Gasteiger partial charge in [0, 0.05) is 49.2 Å². The summed E-state index contributed by atoms with van der Waals surface area (Å²) in [6, 6.07) is 48.4. The maximum Gasteiger partial charge on any atom is 0.407 e. The first-order chi connectivity index (χ1) is 54.6. The van der Waals surface area contributed by atoms with Gasteiger partial charge in [-0.3, -0.25) is 33.6 Å². The van der Waals surface area contributed by atoms with E-state index in [4.69, 9.17) is 23.7 Å². The van der Waals surface area contributed by atoms with Gasteiger partial charge in [-0.15, -0.1) is 11.8 Å². The molecule has 0 unspecified atom stereocenters. The average molecular weight is 1610 g/mol. The third-order valence-electron chi connectivity index (χ3n) is 19.1. The van der Waals surface area contributed by atoms with Crippen LogP contribution in [0.1, 0.15) is 112 Å². The molecular formula is C86H112N8O16S3. The second-order valence-corrected chi connectivity index (χ2v) is 32.8. The van der Waals surface area contributed by atoms with Crippen molar-refractivity contribution in [3.05, 3.63) is 221 Å². The number of allylic oxidation sites excluding steroid dienone is 1. The van der Waals surface area contributed by atoms with E-state index in [1.54, 1.807) is 32.9 Å². The molecule has 6 aromatic carbocycles. The topological polar surface area (TPSA) is 340 Å². The quantitative estimate of drug-likeness (QED) is 0.00989. The second kappa shape index (κ2) is 48.0. The van der Waals surface area contributed by atoms with Crippen LogP contribution in [0.25, 0.3) is 5.57 Å². The van der Waals surface area contributed by atoms with E-state index in [1.807, 2.05) is 109 Å². The number of fused-ring (bicyclic) bond motifs is 1. The summed E-state index contributed by atoms with van der Waals surface area (Å²) in [5, 5.41) is 54.6. The molecule has 1 heterocycles. The number of rotatable bonds is 39. The van der Waals surface area contributed by atoms with E-state index >= 15 is 14.4 Å². The van der Waals surface area contributed by atoms with Gasteiger partial charge >= 0.3 is 6.09 Å². The summed E-state index contributed by atoms with van der Waals surface area (Å²) in [6.45, 7) is 10.7. The van der Waals surface area contributed by atoms with Crippen molar-refractivity contribution in [1.29, 1.82) is 0 Å². The van der Waals surface area contributed by atoms with Crippen molar-refractivity contribution >= 4 is 86.2 Å². The first kappa shape index (κ1) is 90.1. The zero-order valence-electron chi connectivity index (χ0n) is 65.2. The fraction of sp³-hybridized carbons (Fsp3) is 0.465. The molecule has 610 valence electrons. The van der Waals surface area contributed by atoms with Gasteiger partial charge in [0.05, 0.1) is 87.9 Å². The van der Waals surface area contributed by atoms with Gasteiger partial charge in [-0.05, 0) is 131 Å². The van der Waals surface area contributed by atoms with Crippen molar-refractivity contribution < 1.29 is 77.4 Å². The number of aliphatic hydroxyl groups excluding tert-OH is 3. The van der Waals surface area contributed by atoms with Crippen LogP contribution in [0.5, 0.6) is 0 Å². The highest BCUT2D eigenvalue weighted by Crippen LogP contribution is 2.48. The number of hydrogen-bond donors (Lipinski definition) is 11. The fourth-order valence-electron chi connectivity index (χ4n) is 13.1. The van der Waals surface area contributed by atoms with Crippen molar-refractivity contribution in [2.45, 2.75) is 157 Å². The lowest BCUT2D eigenvalue weighted by atomic mass is 9.84. The van der Waals surface area contributed by atoms with Gasteiger partial charge < -0.3 is 81.5 Å². The lowest BCUT2D eigenvalue weighted by Crippen LogP contribution is -2.61. The van der Waals surface area contributed by atoms with Crippen LogP contribution >= 0.6 is 33.3 Å². The van der Waals surface area contributed by atoms with Crippen LogP contribution in [0.3, 0.4) is 0 Å². The lowest BCUT2D eigenvalue weighted by molar-refractivity contribution is -0.136. The molecule has 1 aliphatic carbocycles. The number of thioether (sulfide) groups is 1. The number of aliphatic hydroxyl groups is 3. The zero-order chi connectivity index (χ0) is 80.8. The Balaban J connectivity index is 0.934. The molecular weight excluding hydrogens is 1500 g/mol. The monoisotopic (exact) mass is 1610 g/mol. The van der Waals surface area contributed by atoms with Gasteiger partial charge in [0.15, 0.2) is 5.78 Å². The van der Waals surface area contributed by atoms with E-state index in [0.29, 0.717) is 84.2 Å². The van der Waals surface area contributed by atoms with Crippen LogP contribution in [-0.4, -0.2) is 213 Å². The highest BCUT2D eigenvalue weighted by atomic mass is 33.1. The van der Waals surface area contributed by atoms with Gasteiger partial charge in [-0.2, -0.15) is 0 Å². The minimum atomic E-state index is -1.73. The summed E-state index contributed by atoms with van der Waals surface area (Å²) >= 11 is 1.85. The Morgan fingerprint density at radius 2 is 1.12 bits per heavy atom. The highest BCUT2D eigenvalue weighted by molar-refractivity contribution is 8.76. The molecule has 0 bridgehead atoms. The van der Waals surface area contributed by atoms with Gasteiger partial charge in [0.25, 0.3) is 0 Å². The number of benzene rings is 6. The summed E-state index contributed by atoms with van der Waals surface area (Å²) in [4.78, 5) is 117. The highest BCUT2D eigenvalue weighted by Gasteiger charge is 2.40. The zero-order valence-corrected chi connectivity index (χ0v) is 67.7. The van der Waals surface area contributed by atoms with E-state index < -0.39 is 131 Å². The molecule has 1 aliphatic heterocycles. The second-order valence-electron chi connectivity index (χ2n) is 29.0. The lowest BCUT2D eigenvalue weighted by Gasteiger charge is -2.35. The SMILES string of the molecule is C[C@@H](O)[C@@H]1NC(=O)[C@H](CCCCNC(=O)OC(C)(C)C)NC(=O)[C@@H](CC2=CCc3ccccc32)NC(=O)[C@H](Cc2ccccc2)CC(=O)[C@@H](NC(=O)[C@@H](Cc2ccccc2)NCCCOCCOCCOCCOCCSC(c2ccccc2)(c2ccccc2)c2ccccc2)CSSC[C@@H](C(=O)N[C@H](CO)[C@@H](C)O)NC1=O. The van der Waals surface area contributed by atoms with E-state index in [0.717, 1.165) is 49.6 Å². The van der Waals surface area contributed by atoms with Crippen molar-refractivity contribution in [3.63, 3.8) is 0 Å². The average Bonchev–Trinajstić information content (AvgIpc) is 1.07. The van der Waals surface area contributed by atoms with Crippen LogP contribution in [0.15, 0.2) is 182 Å². The third-order valence-corrected chi connectivity index (χ3v) is 23.0. The molecule has 11 N–H and O–H groups in total. The molecule has 0 saturated carbocycles. The molecule has 1 saturated heterocycles. The van der Waals surface area contributed by atoms with E-state index in [-0.39, 0.29) is 50.2 Å². The molecule has 10 atom stereocenters. The van der Waals surface area contributed by atoms with Gasteiger partial charge in [0.1, 0.15) is 29.8 Å². The number of alkyl carbamates (subject to hydrolysis) is 1. The van der Waals surface area contributed by atoms with Gasteiger partial charge in [-0.25, -0.2) is 4.79 Å². The van der Waals surface area contributed by atoms with E-state index in [1.165, 1.54) is 30.5 Å². The molecule has 0 aromatic heterocycles. The summed E-state index contributed by atoms with van der Waals surface area (Å²) in [5.41, 5.74) is 6.94. The van der Waals surface area contributed by atoms with E-state index in [2.05, 4.69) is 115 Å². The van der Waals surface area contributed by atoms with E-state index in [9.17, 15) is 39.3 Å². The Hall–Kier alpha value is -8.45. The molecule has 0 spiro atoms. The molecule has 0 radical (unpaired) electrons. The maximum atomic E-state index is 15.4. The largest absolute Gasteiger partial charge is 0.444 e. The molecule has 6 aromatic rings. The number of ether oxygens (including phenoxy) is 5. The van der Waals surface area contributed by atoms with Crippen LogP contribution in [-0.2, 0) is 81.3 Å². The fourth-order valence-corrected chi connectivity index (χ4v) is 16.9. The number of carbonyl (C=O) groups excluding carboxylic acids is 8. The van der Waals surface area contributed by atoms with Gasteiger partial charge in [0.2, 0.25) is 35.4 Å². The van der Waals surface area contributed by atoms with Crippen molar-refractivity contribution in [3.8, 4) is 0 Å². The standard InChI is InChI=1S/C86H112N8O16S3/c1-59(96)73(56-95)91-82(103)75-58-113-112-57-74(92-80(101)71(53-62-28-13-7-14-29-62)87-42-25-43-106-44-45-107-46-47-108-48-49-109-50-51-111-86(66-31-15-8-16-32-66,67-33-17-9-18-34-67)68-35-19-10-20-36-68)76(98)55-65(52-61-26-11-6-12-27-61)78(99)90-72(54-64-40-39-63-30-21-22-37-69(63)64)81(102)89-70(79(100)94-77(60(2)97)83(104)93-75)38-23-24-41-88-84(105)110-85(3,4)5/h6-22,26-37,40,59-60,65,70-75,77,87,95-97H,23-25,38-39,41-58H2,1-5H3,(H,88,105)(H,89,102)(H,90,99)(H,91,103)(H,92,101)(H,93,104)(H,94,100)/t59-,60-,65-,70+,71-,72-,73-,74+,75+,77+/m1/s1. The predicted molar refractivity (Wildman–Crippen MR) is 443 cm³/mol. The number of hydrogen-bond acceptors (Lipinski definition) is 20. The van der Waals surface area contributed by atoms with Crippen molar-refractivity contribution in [2.75, 3.05) is 89.8 Å². The van der Waals surface area contributed by atoms with Crippen molar-refractivity contribution in [2.24, 2.45) is 5.92 Å². The molecule has 8 rings (SSSR count). The minimum Gasteiger partial charge on any atom is -0.444 e. The molecule has 2 aliphatic rings. The summed E-state index contributed by atoms with van der Waals surface area (Å²) in [6.07, 6.45) is -0.257. The van der Waals surface area contributed by atoms with Crippen LogP contribution < -0.4 is 42.5 Å². The number of amides is 7. The van der Waals surface area contributed by atoms with Crippen LogP contribution in [0.4, 0.5) is 4.79 Å². The number of nitrogens with one attached hydrogen (secondary N) is 8. The minimum absolute atomic E-state index is 0.0301. The molecule has 27 heteroatoms. The predicted octanol–water partition coefficient (Wildman–Crippen LogP) is 7.97. The summed E-state index contributed by atoms with van der Waals surface area (Å²) in [7, 11) is 2.14. The van der Waals surface area contributed by atoms with Crippen LogP contribution in [0, 0.1) is 5.92 Å². The first-order valence-electron chi connectivity index (χ1n) is 38.9. The van der Waals surface area contributed by atoms with Gasteiger partial charge in [-0.1, -0.05) is 204 Å². The number of Topliss-reactive ketones (excluding diaryl/α,β-unsaturated/α-hetero) is 1. The first-order valence-corrected chi connectivity index (χ1v) is 42.3. The third kappa shape index (κ3) is 30.0. The Bertz CT molecular complexity index is 3850. The van der Waals surface area contributed by atoms with Crippen LogP contribution in [0.2, 0.25) is 0 Å². The Morgan fingerprint density at radius 3 is 1.71 bits per heavy atom. The molecule has 7 amide bonds. The molecule has 1 fully saturated rings. The Kier molecular flexibility index (Phi) is 38.3. The number of unbranched alkanes of at least 4 members (excludes halogenated alkanes) is 1. The van der Waals surface area contributed by atoms with Crippen molar-refractivity contribution in [1.82, 2.24) is 42.5 Å². The summed E-state index contributed by atoms with van der Waals surface area (Å²) < 4.78 is 28.6. The summed E-state index contributed by atoms with van der Waals surface area (Å²) in [5.74, 6) is -5.99. The Labute approximate surface area is 676 Å². The maximum absolute atomic E-state index is 15.4. The molecule has 24 nitrogen and oxygen atoms in total. The number of carbonyl (C=O) groups is 8.